The van der Waals surface area contributed by atoms with Crippen LogP contribution in [0.25, 0.3) is 0 Å². The van der Waals surface area contributed by atoms with E-state index in [1.165, 1.54) is 12.1 Å². The monoisotopic (exact) mass is 196 g/mol. The van der Waals surface area contributed by atoms with Gasteiger partial charge in [0, 0.05) is 0 Å². The molecule has 0 aliphatic heterocycles. The lowest BCUT2D eigenvalue weighted by Crippen LogP contribution is -2.11. The molecular weight excluding hydrogens is 179 g/mol. The van der Waals surface area contributed by atoms with E-state index in [2.05, 4.69) is 20.8 Å². The second-order valence-corrected chi connectivity index (χ2v) is 4.61. The molecule has 0 spiro atoms. The lowest BCUT2D eigenvalue weighted by Gasteiger charge is -2.17. The third-order valence-electron chi connectivity index (χ3n) is 1.93. The van der Waals surface area contributed by atoms with Gasteiger partial charge in [-0.3, -0.25) is 0 Å². The minimum Gasteiger partial charge on any atom is -0.494 e. The van der Waals surface area contributed by atoms with Crippen LogP contribution in [0.3, 0.4) is 0 Å². The van der Waals surface area contributed by atoms with Crippen LogP contribution in [0.1, 0.15) is 27.2 Å². The minimum atomic E-state index is -0.229. The molecule has 0 aliphatic carbocycles. The molecule has 0 heterocycles. The quantitative estimate of drug-likeness (QED) is 0.717. The van der Waals surface area contributed by atoms with Gasteiger partial charge in [-0.1, -0.05) is 20.8 Å². The number of hydrogen-bond acceptors (Lipinski definition) is 1. The maximum Gasteiger partial charge on any atom is 0.123 e. The van der Waals surface area contributed by atoms with Gasteiger partial charge >= 0.3 is 0 Å². The van der Waals surface area contributed by atoms with Crippen molar-refractivity contribution in [3.8, 4) is 5.75 Å². The van der Waals surface area contributed by atoms with Crippen LogP contribution in [0.15, 0.2) is 24.3 Å². The Hall–Kier alpha value is -1.05. The van der Waals surface area contributed by atoms with Gasteiger partial charge in [0.25, 0.3) is 0 Å². The van der Waals surface area contributed by atoms with Crippen LogP contribution in [-0.4, -0.2) is 6.61 Å². The van der Waals surface area contributed by atoms with Crippen molar-refractivity contribution in [1.82, 2.24) is 0 Å². The van der Waals surface area contributed by atoms with Crippen molar-refractivity contribution in [3.05, 3.63) is 30.1 Å². The predicted octanol–water partition coefficient (Wildman–Crippen LogP) is 3.64. The Bertz CT molecular complexity index is 271. The van der Waals surface area contributed by atoms with Crippen molar-refractivity contribution in [1.29, 1.82) is 0 Å². The highest BCUT2D eigenvalue weighted by atomic mass is 19.1. The van der Waals surface area contributed by atoms with Crippen molar-refractivity contribution in [2.45, 2.75) is 27.2 Å². The Morgan fingerprint density at radius 2 is 1.71 bits per heavy atom. The lowest BCUT2D eigenvalue weighted by molar-refractivity contribution is 0.243. The molecule has 0 saturated heterocycles. The topological polar surface area (TPSA) is 9.23 Å². The fraction of sp³-hybridized carbons (Fsp3) is 0.500. The van der Waals surface area contributed by atoms with Gasteiger partial charge in [0.1, 0.15) is 11.6 Å². The van der Waals surface area contributed by atoms with E-state index >= 15 is 0 Å². The molecule has 0 unspecified atom stereocenters. The molecule has 0 bridgehead atoms. The Morgan fingerprint density at radius 1 is 1.14 bits per heavy atom. The highest BCUT2D eigenvalue weighted by Crippen LogP contribution is 2.19. The Labute approximate surface area is 84.9 Å². The normalized spacial score (nSPS) is 11.4. The first-order valence-corrected chi connectivity index (χ1v) is 4.86. The molecule has 0 aliphatic rings. The summed E-state index contributed by atoms with van der Waals surface area (Å²) in [6, 6.07) is 6.12. The fourth-order valence-corrected chi connectivity index (χ4v) is 1.01. The molecule has 0 aromatic heterocycles. The van der Waals surface area contributed by atoms with Crippen LogP contribution < -0.4 is 4.74 Å². The SMILES string of the molecule is CC(C)(C)CCOc1ccc(F)cc1. The maximum absolute atomic E-state index is 12.5. The second-order valence-electron chi connectivity index (χ2n) is 4.61. The van der Waals surface area contributed by atoms with Crippen molar-refractivity contribution in [2.75, 3.05) is 6.61 Å². The van der Waals surface area contributed by atoms with E-state index < -0.39 is 0 Å². The van der Waals surface area contributed by atoms with Gasteiger partial charge in [-0.2, -0.15) is 0 Å². The van der Waals surface area contributed by atoms with Gasteiger partial charge in [0.2, 0.25) is 0 Å². The van der Waals surface area contributed by atoms with Gasteiger partial charge in [-0.15, -0.1) is 0 Å². The number of benzene rings is 1. The highest BCUT2D eigenvalue weighted by Gasteiger charge is 2.09. The van der Waals surface area contributed by atoms with E-state index in [4.69, 9.17) is 4.74 Å². The predicted molar refractivity (Wildman–Crippen MR) is 56.0 cm³/mol. The van der Waals surface area contributed by atoms with Gasteiger partial charge in [-0.25, -0.2) is 4.39 Å². The molecule has 1 nitrogen and oxygen atoms in total. The van der Waals surface area contributed by atoms with Crippen LogP contribution in [0, 0.1) is 11.2 Å². The highest BCUT2D eigenvalue weighted by molar-refractivity contribution is 5.21. The number of hydrogen-bond donors (Lipinski definition) is 0. The smallest absolute Gasteiger partial charge is 0.123 e. The third kappa shape index (κ3) is 4.26. The summed E-state index contributed by atoms with van der Waals surface area (Å²) < 4.78 is 18.0. The van der Waals surface area contributed by atoms with E-state index in [1.54, 1.807) is 12.1 Å². The third-order valence-corrected chi connectivity index (χ3v) is 1.93. The van der Waals surface area contributed by atoms with Crippen LogP contribution in [-0.2, 0) is 0 Å². The second kappa shape index (κ2) is 4.45. The molecule has 0 radical (unpaired) electrons. The standard InChI is InChI=1S/C12H17FO/c1-12(2,3)8-9-14-11-6-4-10(13)5-7-11/h4-7H,8-9H2,1-3H3. The zero-order valence-electron chi connectivity index (χ0n) is 9.01. The molecule has 2 heteroatoms. The first-order valence-electron chi connectivity index (χ1n) is 4.86. The van der Waals surface area contributed by atoms with Crippen molar-refractivity contribution >= 4 is 0 Å². The summed E-state index contributed by atoms with van der Waals surface area (Å²) in [5, 5.41) is 0. The molecule has 14 heavy (non-hydrogen) atoms. The molecule has 1 rings (SSSR count). The number of halogens is 1. The van der Waals surface area contributed by atoms with Crippen molar-refractivity contribution in [3.63, 3.8) is 0 Å². The molecular formula is C12H17FO. The minimum absolute atomic E-state index is 0.229. The summed E-state index contributed by atoms with van der Waals surface area (Å²) in [6.07, 6.45) is 0.990. The van der Waals surface area contributed by atoms with Crippen LogP contribution in [0.5, 0.6) is 5.75 Å². The molecule has 0 fully saturated rings. The summed E-state index contributed by atoms with van der Waals surface area (Å²) in [5.74, 6) is 0.504. The van der Waals surface area contributed by atoms with Gasteiger partial charge in [0.15, 0.2) is 0 Å². The molecule has 0 amide bonds. The van der Waals surface area contributed by atoms with E-state index in [9.17, 15) is 4.39 Å². The van der Waals surface area contributed by atoms with E-state index in [-0.39, 0.29) is 11.2 Å². The lowest BCUT2D eigenvalue weighted by atomic mass is 9.93. The number of rotatable bonds is 3. The van der Waals surface area contributed by atoms with Gasteiger partial charge < -0.3 is 4.74 Å². The van der Waals surface area contributed by atoms with E-state index in [1.807, 2.05) is 0 Å². The zero-order chi connectivity index (χ0) is 10.6. The van der Waals surface area contributed by atoms with Crippen molar-refractivity contribution < 1.29 is 9.13 Å². The maximum atomic E-state index is 12.5. The summed E-state index contributed by atoms with van der Waals surface area (Å²) >= 11 is 0. The number of ether oxygens (including phenoxy) is 1. The van der Waals surface area contributed by atoms with Gasteiger partial charge in [0.05, 0.1) is 6.61 Å². The summed E-state index contributed by atoms with van der Waals surface area (Å²) in [7, 11) is 0. The molecule has 0 saturated carbocycles. The van der Waals surface area contributed by atoms with E-state index in [0.29, 0.717) is 6.61 Å². The van der Waals surface area contributed by atoms with Crippen LogP contribution in [0.2, 0.25) is 0 Å². The fourth-order valence-electron chi connectivity index (χ4n) is 1.01. The Balaban J connectivity index is 2.35. The summed E-state index contributed by atoms with van der Waals surface area (Å²) in [6.45, 7) is 7.18. The Morgan fingerprint density at radius 3 is 2.21 bits per heavy atom. The molecule has 1 aromatic carbocycles. The first-order chi connectivity index (χ1) is 6.47. The average molecular weight is 196 g/mol. The summed E-state index contributed by atoms with van der Waals surface area (Å²) in [4.78, 5) is 0. The molecule has 78 valence electrons. The largest absolute Gasteiger partial charge is 0.494 e. The average Bonchev–Trinajstić information content (AvgIpc) is 2.06. The summed E-state index contributed by atoms with van der Waals surface area (Å²) in [5.41, 5.74) is 0.278. The molecule has 0 atom stereocenters. The van der Waals surface area contributed by atoms with Gasteiger partial charge in [-0.05, 0) is 36.1 Å². The Kier molecular flexibility index (Phi) is 3.50. The van der Waals surface area contributed by atoms with Crippen LogP contribution in [0.4, 0.5) is 4.39 Å². The molecule has 1 aromatic rings. The zero-order valence-corrected chi connectivity index (χ0v) is 9.01. The molecule has 0 N–H and O–H groups in total. The van der Waals surface area contributed by atoms with Crippen LogP contribution >= 0.6 is 0 Å². The van der Waals surface area contributed by atoms with Crippen molar-refractivity contribution in [2.24, 2.45) is 5.41 Å². The van der Waals surface area contributed by atoms with E-state index in [0.717, 1.165) is 12.2 Å². The first kappa shape index (κ1) is 11.0.